The summed E-state index contributed by atoms with van der Waals surface area (Å²) < 4.78 is 5.59. The van der Waals surface area contributed by atoms with Gasteiger partial charge in [0.15, 0.2) is 0 Å². The molecule has 0 saturated heterocycles. The van der Waals surface area contributed by atoms with Gasteiger partial charge in [-0.1, -0.05) is 30.0 Å². The highest BCUT2D eigenvalue weighted by molar-refractivity contribution is 7.99. The van der Waals surface area contributed by atoms with Crippen LogP contribution in [0.25, 0.3) is 11.5 Å². The van der Waals surface area contributed by atoms with Gasteiger partial charge in [0.25, 0.3) is 5.22 Å². The van der Waals surface area contributed by atoms with Gasteiger partial charge >= 0.3 is 0 Å². The smallest absolute Gasteiger partial charge is 0.277 e. The molecule has 1 aromatic carbocycles. The highest BCUT2D eigenvalue weighted by Crippen LogP contribution is 2.23. The van der Waals surface area contributed by atoms with Gasteiger partial charge in [-0.05, 0) is 39.8 Å². The lowest BCUT2D eigenvalue weighted by atomic mass is 10.2. The summed E-state index contributed by atoms with van der Waals surface area (Å²) in [5.41, 5.74) is 0.874. The predicted octanol–water partition coefficient (Wildman–Crippen LogP) is 3.47. The molecule has 2 rings (SSSR count). The van der Waals surface area contributed by atoms with Gasteiger partial charge in [0.05, 0.1) is 5.75 Å². The van der Waals surface area contributed by atoms with E-state index >= 15 is 0 Å². The molecule has 0 saturated carbocycles. The van der Waals surface area contributed by atoms with Crippen LogP contribution in [0.15, 0.2) is 40.0 Å². The summed E-state index contributed by atoms with van der Waals surface area (Å²) in [4.78, 5) is 14.2. The van der Waals surface area contributed by atoms with E-state index in [-0.39, 0.29) is 18.0 Å². The van der Waals surface area contributed by atoms with Gasteiger partial charge in [-0.3, -0.25) is 4.79 Å². The number of benzene rings is 1. The molecule has 0 spiro atoms. The summed E-state index contributed by atoms with van der Waals surface area (Å²) in [6.45, 7) is 8.07. The summed E-state index contributed by atoms with van der Waals surface area (Å²) in [7, 11) is 0. The van der Waals surface area contributed by atoms with E-state index < -0.39 is 0 Å². The molecular weight excluding hydrogens is 298 g/mol. The van der Waals surface area contributed by atoms with Crippen molar-refractivity contribution in [3.8, 4) is 11.5 Å². The van der Waals surface area contributed by atoms with Crippen molar-refractivity contribution in [3.05, 3.63) is 30.3 Å². The van der Waals surface area contributed by atoms with Crippen LogP contribution in [0, 0.1) is 0 Å². The Hall–Kier alpha value is -1.82. The van der Waals surface area contributed by atoms with E-state index in [4.69, 9.17) is 4.42 Å². The Labute approximate surface area is 135 Å². The number of amides is 1. The molecule has 0 N–H and O–H groups in total. The summed E-state index contributed by atoms with van der Waals surface area (Å²) >= 11 is 1.28. The van der Waals surface area contributed by atoms with Crippen molar-refractivity contribution in [2.45, 2.75) is 45.0 Å². The van der Waals surface area contributed by atoms with Gasteiger partial charge in [-0.25, -0.2) is 0 Å². The van der Waals surface area contributed by atoms with Crippen molar-refractivity contribution in [3.63, 3.8) is 0 Å². The molecule has 6 heteroatoms. The number of hydrogen-bond acceptors (Lipinski definition) is 5. The van der Waals surface area contributed by atoms with Crippen molar-refractivity contribution < 1.29 is 9.21 Å². The summed E-state index contributed by atoms with van der Waals surface area (Å²) in [5, 5.41) is 8.42. The van der Waals surface area contributed by atoms with E-state index in [1.165, 1.54) is 11.8 Å². The van der Waals surface area contributed by atoms with Gasteiger partial charge in [-0.15, -0.1) is 10.2 Å². The molecule has 118 valence electrons. The highest BCUT2D eigenvalue weighted by Gasteiger charge is 2.21. The molecule has 22 heavy (non-hydrogen) atoms. The maximum atomic E-state index is 12.3. The Morgan fingerprint density at radius 2 is 1.77 bits per heavy atom. The van der Waals surface area contributed by atoms with Crippen molar-refractivity contribution in [2.75, 3.05) is 5.75 Å². The molecule has 0 aliphatic heterocycles. The quantitative estimate of drug-likeness (QED) is 0.763. The molecular formula is C16H21N3O2S. The number of rotatable bonds is 6. The minimum Gasteiger partial charge on any atom is -0.411 e. The first kappa shape index (κ1) is 16.5. The fourth-order valence-electron chi connectivity index (χ4n) is 2.34. The Morgan fingerprint density at radius 1 is 1.14 bits per heavy atom. The Bertz CT molecular complexity index is 603. The van der Waals surface area contributed by atoms with Crippen LogP contribution in [0.3, 0.4) is 0 Å². The average Bonchev–Trinajstić information content (AvgIpc) is 2.94. The van der Waals surface area contributed by atoms with E-state index in [2.05, 4.69) is 10.2 Å². The van der Waals surface area contributed by atoms with Gasteiger partial charge in [0.1, 0.15) is 0 Å². The average molecular weight is 319 g/mol. The minimum absolute atomic E-state index is 0.0782. The van der Waals surface area contributed by atoms with Crippen LogP contribution in [0.5, 0.6) is 0 Å². The number of aromatic nitrogens is 2. The second-order valence-electron chi connectivity index (χ2n) is 5.52. The standard InChI is InChI=1S/C16H21N3O2S/c1-11(2)19(12(3)4)14(20)10-22-16-18-17-15(21-16)13-8-6-5-7-9-13/h5-9,11-12H,10H2,1-4H3. The lowest BCUT2D eigenvalue weighted by molar-refractivity contribution is -0.131. The van der Waals surface area contributed by atoms with E-state index in [9.17, 15) is 4.79 Å². The lowest BCUT2D eigenvalue weighted by Crippen LogP contribution is -2.43. The van der Waals surface area contributed by atoms with Crippen molar-refractivity contribution >= 4 is 17.7 Å². The van der Waals surface area contributed by atoms with Gasteiger partial charge in [-0.2, -0.15) is 0 Å². The zero-order valence-electron chi connectivity index (χ0n) is 13.3. The molecule has 5 nitrogen and oxygen atoms in total. The van der Waals surface area contributed by atoms with Crippen LogP contribution in [-0.2, 0) is 4.79 Å². The van der Waals surface area contributed by atoms with E-state index in [0.29, 0.717) is 16.9 Å². The highest BCUT2D eigenvalue weighted by atomic mass is 32.2. The third-order valence-corrected chi connectivity index (χ3v) is 3.95. The van der Waals surface area contributed by atoms with Crippen molar-refractivity contribution in [1.82, 2.24) is 15.1 Å². The zero-order chi connectivity index (χ0) is 16.1. The summed E-state index contributed by atoms with van der Waals surface area (Å²) in [6.07, 6.45) is 0. The largest absolute Gasteiger partial charge is 0.411 e. The second kappa shape index (κ2) is 7.45. The first-order valence-corrected chi connectivity index (χ1v) is 8.30. The van der Waals surface area contributed by atoms with Crippen LogP contribution in [0.4, 0.5) is 0 Å². The molecule has 1 amide bonds. The van der Waals surface area contributed by atoms with E-state index in [1.807, 2.05) is 62.9 Å². The molecule has 1 aromatic heterocycles. The minimum atomic E-state index is 0.0782. The van der Waals surface area contributed by atoms with E-state index in [1.54, 1.807) is 0 Å². The maximum absolute atomic E-state index is 12.3. The molecule has 0 fully saturated rings. The van der Waals surface area contributed by atoms with Gasteiger partial charge < -0.3 is 9.32 Å². The second-order valence-corrected chi connectivity index (χ2v) is 6.44. The fourth-order valence-corrected chi connectivity index (χ4v) is 2.97. The summed E-state index contributed by atoms with van der Waals surface area (Å²) in [5.74, 6) is 0.849. The maximum Gasteiger partial charge on any atom is 0.277 e. The normalized spacial score (nSPS) is 11.2. The number of thioether (sulfide) groups is 1. The number of nitrogens with zero attached hydrogens (tertiary/aromatic N) is 3. The van der Waals surface area contributed by atoms with Crippen molar-refractivity contribution in [1.29, 1.82) is 0 Å². The molecule has 0 bridgehead atoms. The van der Waals surface area contributed by atoms with Gasteiger partial charge in [0.2, 0.25) is 11.8 Å². The van der Waals surface area contributed by atoms with Crippen LogP contribution in [0.1, 0.15) is 27.7 Å². The molecule has 0 radical (unpaired) electrons. The first-order chi connectivity index (χ1) is 10.5. The molecule has 0 unspecified atom stereocenters. The number of carbonyl (C=O) groups excluding carboxylic acids is 1. The third kappa shape index (κ3) is 4.10. The Balaban J connectivity index is 1.98. The van der Waals surface area contributed by atoms with Crippen LogP contribution < -0.4 is 0 Å². The molecule has 0 aliphatic carbocycles. The fraction of sp³-hybridized carbons (Fsp3) is 0.438. The number of hydrogen-bond donors (Lipinski definition) is 0. The van der Waals surface area contributed by atoms with Crippen LogP contribution >= 0.6 is 11.8 Å². The predicted molar refractivity (Wildman–Crippen MR) is 87.6 cm³/mol. The number of carbonyl (C=O) groups is 1. The first-order valence-electron chi connectivity index (χ1n) is 7.32. The van der Waals surface area contributed by atoms with Crippen molar-refractivity contribution in [2.24, 2.45) is 0 Å². The summed E-state index contributed by atoms with van der Waals surface area (Å²) in [6, 6.07) is 9.93. The Kier molecular flexibility index (Phi) is 5.60. The van der Waals surface area contributed by atoms with E-state index in [0.717, 1.165) is 5.56 Å². The SMILES string of the molecule is CC(C)N(C(=O)CSc1nnc(-c2ccccc2)o1)C(C)C. The van der Waals surface area contributed by atoms with Crippen LogP contribution in [-0.4, -0.2) is 38.8 Å². The lowest BCUT2D eigenvalue weighted by Gasteiger charge is -2.30. The van der Waals surface area contributed by atoms with Gasteiger partial charge in [0, 0.05) is 17.6 Å². The monoisotopic (exact) mass is 319 g/mol. The molecule has 0 aliphatic rings. The topological polar surface area (TPSA) is 59.2 Å². The zero-order valence-corrected chi connectivity index (χ0v) is 14.1. The Morgan fingerprint density at radius 3 is 2.36 bits per heavy atom. The molecule has 2 aromatic rings. The molecule has 0 atom stereocenters. The van der Waals surface area contributed by atoms with Crippen LogP contribution in [0.2, 0.25) is 0 Å². The molecule has 1 heterocycles. The third-order valence-electron chi connectivity index (χ3n) is 3.15.